The molecule has 4 aromatic rings. The standard InChI is InChI=1S/C28H25Cl2N3O/c1-18-15-27(33-13-11-31-12-14-33)26(17-23(18)20-9-10-24(29)25(30)16-20)32-28(34)22-8-4-6-19-5-2-3-7-21(19)22/h2-10,15-17,31H,11-14H2,1H3,(H,32,34). The number of piperazine rings is 1. The van der Waals surface area contributed by atoms with Crippen molar-refractivity contribution in [3.8, 4) is 11.1 Å². The van der Waals surface area contributed by atoms with Crippen molar-refractivity contribution >= 4 is 51.3 Å². The first-order chi connectivity index (χ1) is 16.5. The second-order valence-electron chi connectivity index (χ2n) is 8.53. The van der Waals surface area contributed by atoms with Crippen molar-refractivity contribution in [2.45, 2.75) is 6.92 Å². The molecule has 1 saturated heterocycles. The third-order valence-electron chi connectivity index (χ3n) is 6.31. The van der Waals surface area contributed by atoms with Crippen molar-refractivity contribution in [3.63, 3.8) is 0 Å². The van der Waals surface area contributed by atoms with Gasteiger partial charge in [-0.05, 0) is 64.7 Å². The molecule has 6 heteroatoms. The van der Waals surface area contributed by atoms with Crippen molar-refractivity contribution in [2.24, 2.45) is 0 Å². The molecular formula is C28H25Cl2N3O. The molecule has 34 heavy (non-hydrogen) atoms. The largest absolute Gasteiger partial charge is 0.367 e. The molecule has 1 amide bonds. The number of carbonyl (C=O) groups excluding carboxylic acids is 1. The Hall–Kier alpha value is -3.05. The number of nitrogens with zero attached hydrogens (tertiary/aromatic N) is 1. The predicted molar refractivity (Wildman–Crippen MR) is 144 cm³/mol. The van der Waals surface area contributed by atoms with Crippen molar-refractivity contribution in [3.05, 3.63) is 94.0 Å². The van der Waals surface area contributed by atoms with E-state index in [-0.39, 0.29) is 5.91 Å². The molecule has 2 N–H and O–H groups in total. The lowest BCUT2D eigenvalue weighted by Crippen LogP contribution is -2.43. The highest BCUT2D eigenvalue weighted by Gasteiger charge is 2.20. The third kappa shape index (κ3) is 4.49. The maximum Gasteiger partial charge on any atom is 0.256 e. The highest BCUT2D eigenvalue weighted by molar-refractivity contribution is 6.42. The first kappa shape index (κ1) is 22.7. The van der Waals surface area contributed by atoms with Crippen LogP contribution in [0, 0.1) is 6.92 Å². The quantitative estimate of drug-likeness (QED) is 0.331. The Labute approximate surface area is 209 Å². The number of amides is 1. The van der Waals surface area contributed by atoms with Gasteiger partial charge in [0.25, 0.3) is 5.91 Å². The average Bonchev–Trinajstić information content (AvgIpc) is 2.86. The van der Waals surface area contributed by atoms with Crippen LogP contribution >= 0.6 is 23.2 Å². The smallest absolute Gasteiger partial charge is 0.256 e. The number of carbonyl (C=O) groups is 1. The van der Waals surface area contributed by atoms with E-state index >= 15 is 0 Å². The summed E-state index contributed by atoms with van der Waals surface area (Å²) in [5, 5.41) is 9.61. The fourth-order valence-corrected chi connectivity index (χ4v) is 4.85. The first-order valence-electron chi connectivity index (χ1n) is 11.4. The Morgan fingerprint density at radius 2 is 1.68 bits per heavy atom. The molecule has 1 fully saturated rings. The monoisotopic (exact) mass is 489 g/mol. The van der Waals surface area contributed by atoms with E-state index in [1.807, 2.05) is 54.6 Å². The summed E-state index contributed by atoms with van der Waals surface area (Å²) in [6.45, 7) is 5.65. The summed E-state index contributed by atoms with van der Waals surface area (Å²) in [4.78, 5) is 15.8. The van der Waals surface area contributed by atoms with Crippen LogP contribution in [0.2, 0.25) is 10.0 Å². The Bertz CT molecular complexity index is 1370. The summed E-state index contributed by atoms with van der Waals surface area (Å²) >= 11 is 12.5. The fraction of sp³-hybridized carbons (Fsp3) is 0.179. The highest BCUT2D eigenvalue weighted by atomic mass is 35.5. The van der Waals surface area contributed by atoms with E-state index in [0.717, 1.165) is 65.0 Å². The van der Waals surface area contributed by atoms with Crippen LogP contribution in [0.25, 0.3) is 21.9 Å². The van der Waals surface area contributed by atoms with E-state index in [9.17, 15) is 4.79 Å². The number of rotatable bonds is 4. The topological polar surface area (TPSA) is 44.4 Å². The molecule has 0 radical (unpaired) electrons. The zero-order chi connectivity index (χ0) is 23.7. The van der Waals surface area contributed by atoms with E-state index in [2.05, 4.69) is 34.6 Å². The van der Waals surface area contributed by atoms with Crippen molar-refractivity contribution in [1.29, 1.82) is 0 Å². The molecule has 0 spiro atoms. The molecule has 1 aliphatic heterocycles. The maximum atomic E-state index is 13.5. The van der Waals surface area contributed by atoms with Crippen LogP contribution in [0.3, 0.4) is 0 Å². The number of hydrogen-bond acceptors (Lipinski definition) is 3. The van der Waals surface area contributed by atoms with Crippen molar-refractivity contribution < 1.29 is 4.79 Å². The van der Waals surface area contributed by atoms with Crippen molar-refractivity contribution in [2.75, 3.05) is 36.4 Å². The molecule has 1 aliphatic rings. The molecule has 0 saturated carbocycles. The molecule has 0 aliphatic carbocycles. The summed E-state index contributed by atoms with van der Waals surface area (Å²) in [6, 6.07) is 23.6. The Morgan fingerprint density at radius 1 is 0.912 bits per heavy atom. The van der Waals surface area contributed by atoms with Gasteiger partial charge in [0.1, 0.15) is 0 Å². The van der Waals surface area contributed by atoms with Gasteiger partial charge >= 0.3 is 0 Å². The predicted octanol–water partition coefficient (Wildman–Crippen LogP) is 6.78. The molecule has 0 bridgehead atoms. The number of nitrogens with one attached hydrogen (secondary N) is 2. The second kappa shape index (κ2) is 9.67. The summed E-state index contributed by atoms with van der Waals surface area (Å²) in [5.74, 6) is -0.128. The lowest BCUT2D eigenvalue weighted by molar-refractivity contribution is 0.102. The van der Waals surface area contributed by atoms with Gasteiger partial charge in [-0.1, -0.05) is 65.7 Å². The van der Waals surface area contributed by atoms with Crippen molar-refractivity contribution in [1.82, 2.24) is 5.32 Å². The summed E-state index contributed by atoms with van der Waals surface area (Å²) < 4.78 is 0. The zero-order valence-corrected chi connectivity index (χ0v) is 20.4. The van der Waals surface area contributed by atoms with E-state index in [4.69, 9.17) is 23.2 Å². The van der Waals surface area contributed by atoms with Gasteiger partial charge in [-0.2, -0.15) is 0 Å². The van der Waals surface area contributed by atoms with Gasteiger partial charge in [-0.25, -0.2) is 0 Å². The lowest BCUT2D eigenvalue weighted by atomic mass is 9.98. The number of aryl methyl sites for hydroxylation is 1. The van der Waals surface area contributed by atoms with Crippen LogP contribution < -0.4 is 15.5 Å². The van der Waals surface area contributed by atoms with Crippen LogP contribution in [0.4, 0.5) is 11.4 Å². The first-order valence-corrected chi connectivity index (χ1v) is 12.1. The molecule has 172 valence electrons. The van der Waals surface area contributed by atoms with E-state index < -0.39 is 0 Å². The van der Waals surface area contributed by atoms with Crippen LogP contribution in [-0.2, 0) is 0 Å². The Balaban J connectivity index is 1.59. The minimum Gasteiger partial charge on any atom is -0.367 e. The highest BCUT2D eigenvalue weighted by Crippen LogP contribution is 2.37. The van der Waals surface area contributed by atoms with Crippen LogP contribution in [0.1, 0.15) is 15.9 Å². The van der Waals surface area contributed by atoms with Gasteiger partial charge < -0.3 is 15.5 Å². The molecular weight excluding hydrogens is 465 g/mol. The normalized spacial score (nSPS) is 13.8. The van der Waals surface area contributed by atoms with Gasteiger partial charge in [0.05, 0.1) is 21.4 Å². The van der Waals surface area contributed by atoms with E-state index in [0.29, 0.717) is 15.6 Å². The summed E-state index contributed by atoms with van der Waals surface area (Å²) in [7, 11) is 0. The summed E-state index contributed by atoms with van der Waals surface area (Å²) in [6.07, 6.45) is 0. The molecule has 4 aromatic carbocycles. The van der Waals surface area contributed by atoms with Crippen LogP contribution in [0.15, 0.2) is 72.8 Å². The van der Waals surface area contributed by atoms with Gasteiger partial charge in [-0.3, -0.25) is 4.79 Å². The molecule has 1 heterocycles. The molecule has 5 rings (SSSR count). The molecule has 4 nitrogen and oxygen atoms in total. The SMILES string of the molecule is Cc1cc(N2CCNCC2)c(NC(=O)c2cccc3ccccc23)cc1-c1ccc(Cl)c(Cl)c1. The molecule has 0 aromatic heterocycles. The van der Waals surface area contributed by atoms with Gasteiger partial charge in [0.15, 0.2) is 0 Å². The number of benzene rings is 4. The second-order valence-corrected chi connectivity index (χ2v) is 9.35. The van der Waals surface area contributed by atoms with E-state index in [1.165, 1.54) is 0 Å². The number of fused-ring (bicyclic) bond motifs is 1. The zero-order valence-electron chi connectivity index (χ0n) is 18.9. The van der Waals surface area contributed by atoms with E-state index in [1.54, 1.807) is 6.07 Å². The average molecular weight is 490 g/mol. The van der Waals surface area contributed by atoms with Crippen LogP contribution in [0.5, 0.6) is 0 Å². The number of anilines is 2. The molecule has 0 unspecified atom stereocenters. The lowest BCUT2D eigenvalue weighted by Gasteiger charge is -2.32. The number of hydrogen-bond donors (Lipinski definition) is 2. The number of halogens is 2. The van der Waals surface area contributed by atoms with Crippen LogP contribution in [-0.4, -0.2) is 32.1 Å². The van der Waals surface area contributed by atoms with Gasteiger partial charge in [0.2, 0.25) is 0 Å². The summed E-state index contributed by atoms with van der Waals surface area (Å²) in [5.41, 5.74) is 5.53. The maximum absolute atomic E-state index is 13.5. The minimum absolute atomic E-state index is 0.128. The Morgan fingerprint density at radius 3 is 2.47 bits per heavy atom. The fourth-order valence-electron chi connectivity index (χ4n) is 4.55. The minimum atomic E-state index is -0.128. The third-order valence-corrected chi connectivity index (χ3v) is 7.05. The molecule has 0 atom stereocenters. The van der Waals surface area contributed by atoms with Gasteiger partial charge in [-0.15, -0.1) is 0 Å². The Kier molecular flexibility index (Phi) is 6.46. The van der Waals surface area contributed by atoms with Gasteiger partial charge in [0, 0.05) is 31.7 Å².